The van der Waals surface area contributed by atoms with Crippen LogP contribution in [-0.2, 0) is 6.18 Å². The van der Waals surface area contributed by atoms with Gasteiger partial charge in [0.25, 0.3) is 5.82 Å². The van der Waals surface area contributed by atoms with E-state index in [1.54, 1.807) is 0 Å². The molecule has 2 N–H and O–H groups in total. The molecule has 1 aromatic rings. The Kier molecular flexibility index (Phi) is 2.41. The van der Waals surface area contributed by atoms with Crippen molar-refractivity contribution in [2.45, 2.75) is 37.4 Å². The zero-order chi connectivity index (χ0) is 11.1. The minimum atomic E-state index is -4.54. The molecule has 0 spiro atoms. The number of nitrogens with zero attached hydrogens (tertiary/aromatic N) is 2. The Balaban J connectivity index is 2.14. The first-order valence-electron chi connectivity index (χ1n) is 4.63. The molecule has 0 saturated heterocycles. The van der Waals surface area contributed by atoms with Gasteiger partial charge in [0, 0.05) is 12.0 Å². The van der Waals surface area contributed by atoms with Crippen LogP contribution in [0, 0.1) is 0 Å². The van der Waals surface area contributed by atoms with Crippen molar-refractivity contribution in [2.24, 2.45) is 5.73 Å². The molecule has 0 aliphatic heterocycles. The predicted octanol–water partition coefficient (Wildman–Crippen LogP) is 1.68. The summed E-state index contributed by atoms with van der Waals surface area (Å²) in [6.45, 7) is 0. The summed E-state index contributed by atoms with van der Waals surface area (Å²) < 4.78 is 41.1. The molecule has 4 nitrogen and oxygen atoms in total. The lowest BCUT2D eigenvalue weighted by molar-refractivity contribution is -0.146. The minimum absolute atomic E-state index is 0.0243. The van der Waals surface area contributed by atoms with Gasteiger partial charge in [-0.05, 0) is 19.3 Å². The third-order valence-corrected chi connectivity index (χ3v) is 2.52. The number of aromatic nitrogens is 2. The monoisotopic (exact) mass is 221 g/mol. The number of rotatable bonds is 1. The number of hydrogen-bond donors (Lipinski definition) is 1. The molecule has 15 heavy (non-hydrogen) atoms. The average Bonchev–Trinajstić information content (AvgIpc) is 2.69. The van der Waals surface area contributed by atoms with Crippen molar-refractivity contribution < 1.29 is 17.7 Å². The van der Waals surface area contributed by atoms with Gasteiger partial charge in [-0.1, -0.05) is 5.16 Å². The van der Waals surface area contributed by atoms with E-state index in [-0.39, 0.29) is 17.9 Å². The summed E-state index contributed by atoms with van der Waals surface area (Å²) in [6.07, 6.45) is -2.43. The van der Waals surface area contributed by atoms with Crippen LogP contribution in [0.2, 0.25) is 0 Å². The Labute approximate surface area is 83.6 Å². The van der Waals surface area contributed by atoms with Crippen LogP contribution in [0.3, 0.4) is 0 Å². The fourth-order valence-electron chi connectivity index (χ4n) is 1.76. The standard InChI is InChI=1S/C8H10F3N3O/c9-8(10,11)7-13-6(15-14-7)4-1-2-5(12)3-4/h4-5H,1-3,12H2. The van der Waals surface area contributed by atoms with E-state index in [1.165, 1.54) is 0 Å². The Bertz CT molecular complexity index is 349. The second kappa shape index (κ2) is 3.48. The molecular weight excluding hydrogens is 211 g/mol. The maximum absolute atomic E-state index is 12.2. The van der Waals surface area contributed by atoms with Gasteiger partial charge < -0.3 is 10.3 Å². The van der Waals surface area contributed by atoms with E-state index in [4.69, 9.17) is 5.73 Å². The molecule has 2 rings (SSSR count). The molecule has 84 valence electrons. The van der Waals surface area contributed by atoms with E-state index >= 15 is 0 Å². The van der Waals surface area contributed by atoms with Gasteiger partial charge in [0.1, 0.15) is 0 Å². The molecule has 1 fully saturated rings. The van der Waals surface area contributed by atoms with Gasteiger partial charge in [-0.2, -0.15) is 18.2 Å². The highest BCUT2D eigenvalue weighted by atomic mass is 19.4. The van der Waals surface area contributed by atoms with E-state index in [0.29, 0.717) is 12.8 Å². The summed E-state index contributed by atoms with van der Waals surface area (Å²) in [5.41, 5.74) is 5.64. The van der Waals surface area contributed by atoms with Crippen LogP contribution < -0.4 is 5.73 Å². The highest BCUT2D eigenvalue weighted by Crippen LogP contribution is 2.34. The summed E-state index contributed by atoms with van der Waals surface area (Å²) >= 11 is 0. The molecule has 7 heteroatoms. The molecule has 1 aliphatic rings. The summed E-state index contributed by atoms with van der Waals surface area (Å²) in [4.78, 5) is 3.34. The molecule has 0 amide bonds. The van der Waals surface area contributed by atoms with Gasteiger partial charge in [0.2, 0.25) is 5.89 Å². The lowest BCUT2D eigenvalue weighted by Crippen LogP contribution is -2.14. The predicted molar refractivity (Wildman–Crippen MR) is 43.9 cm³/mol. The molecule has 0 radical (unpaired) electrons. The second-order valence-electron chi connectivity index (χ2n) is 3.72. The van der Waals surface area contributed by atoms with E-state index in [9.17, 15) is 13.2 Å². The minimum Gasteiger partial charge on any atom is -0.339 e. The molecule has 1 aliphatic carbocycles. The SMILES string of the molecule is NC1CCC(c2nc(C(F)(F)F)no2)C1. The van der Waals surface area contributed by atoms with Crippen LogP contribution in [0.5, 0.6) is 0 Å². The number of nitrogens with two attached hydrogens (primary N) is 1. The zero-order valence-electron chi connectivity index (χ0n) is 7.79. The summed E-state index contributed by atoms with van der Waals surface area (Å²) in [5, 5.41) is 2.91. The van der Waals surface area contributed by atoms with Gasteiger partial charge >= 0.3 is 6.18 Å². The lowest BCUT2D eigenvalue weighted by Gasteiger charge is -2.01. The molecule has 2 atom stereocenters. The Morgan fingerprint density at radius 3 is 2.53 bits per heavy atom. The van der Waals surface area contributed by atoms with E-state index in [0.717, 1.165) is 6.42 Å². The van der Waals surface area contributed by atoms with Crippen molar-refractivity contribution in [1.82, 2.24) is 10.1 Å². The molecule has 0 bridgehead atoms. The Morgan fingerprint density at radius 1 is 1.33 bits per heavy atom. The van der Waals surface area contributed by atoms with Crippen molar-refractivity contribution in [3.8, 4) is 0 Å². The molecule has 1 aromatic heterocycles. The highest BCUT2D eigenvalue weighted by molar-refractivity contribution is 5.00. The molecule has 0 aromatic carbocycles. The van der Waals surface area contributed by atoms with E-state index in [1.807, 2.05) is 0 Å². The van der Waals surface area contributed by atoms with Gasteiger partial charge in [-0.25, -0.2) is 0 Å². The zero-order valence-corrected chi connectivity index (χ0v) is 7.79. The fourth-order valence-corrected chi connectivity index (χ4v) is 1.76. The largest absolute Gasteiger partial charge is 0.455 e. The van der Waals surface area contributed by atoms with Gasteiger partial charge in [0.05, 0.1) is 0 Å². The Morgan fingerprint density at radius 2 is 2.07 bits per heavy atom. The topological polar surface area (TPSA) is 64.9 Å². The van der Waals surface area contributed by atoms with Crippen molar-refractivity contribution in [2.75, 3.05) is 0 Å². The van der Waals surface area contributed by atoms with Crippen LogP contribution >= 0.6 is 0 Å². The van der Waals surface area contributed by atoms with Crippen LogP contribution in [0.25, 0.3) is 0 Å². The van der Waals surface area contributed by atoms with Crippen LogP contribution in [0.1, 0.15) is 36.9 Å². The van der Waals surface area contributed by atoms with Crippen LogP contribution in [-0.4, -0.2) is 16.2 Å². The molecule has 1 heterocycles. The van der Waals surface area contributed by atoms with E-state index in [2.05, 4.69) is 14.7 Å². The quantitative estimate of drug-likeness (QED) is 0.783. The summed E-state index contributed by atoms with van der Waals surface area (Å²) in [7, 11) is 0. The molecule has 1 saturated carbocycles. The average molecular weight is 221 g/mol. The third-order valence-electron chi connectivity index (χ3n) is 2.52. The third kappa shape index (κ3) is 2.11. The van der Waals surface area contributed by atoms with Crippen molar-refractivity contribution in [3.05, 3.63) is 11.7 Å². The molecular formula is C8H10F3N3O. The van der Waals surface area contributed by atoms with Gasteiger partial charge in [-0.15, -0.1) is 0 Å². The lowest BCUT2D eigenvalue weighted by atomic mass is 10.1. The van der Waals surface area contributed by atoms with Crippen LogP contribution in [0.15, 0.2) is 4.52 Å². The highest BCUT2D eigenvalue weighted by Gasteiger charge is 2.38. The number of halogens is 3. The van der Waals surface area contributed by atoms with E-state index < -0.39 is 12.0 Å². The number of alkyl halides is 3. The Hall–Kier alpha value is -1.11. The van der Waals surface area contributed by atoms with Gasteiger partial charge in [-0.3, -0.25) is 0 Å². The normalized spacial score (nSPS) is 27.2. The van der Waals surface area contributed by atoms with Crippen molar-refractivity contribution >= 4 is 0 Å². The van der Waals surface area contributed by atoms with Crippen molar-refractivity contribution in [1.29, 1.82) is 0 Å². The number of hydrogen-bond acceptors (Lipinski definition) is 4. The maximum Gasteiger partial charge on any atom is 0.455 e. The fraction of sp³-hybridized carbons (Fsp3) is 0.750. The smallest absolute Gasteiger partial charge is 0.339 e. The first-order valence-corrected chi connectivity index (χ1v) is 4.63. The summed E-state index contributed by atoms with van der Waals surface area (Å²) in [5.74, 6) is -1.28. The molecule has 2 unspecified atom stereocenters. The summed E-state index contributed by atoms with van der Waals surface area (Å²) in [6, 6.07) is 0.0243. The van der Waals surface area contributed by atoms with Crippen LogP contribution in [0.4, 0.5) is 13.2 Å². The maximum atomic E-state index is 12.2. The first-order chi connectivity index (χ1) is 6.97. The first kappa shape index (κ1) is 10.4. The van der Waals surface area contributed by atoms with Gasteiger partial charge in [0.15, 0.2) is 0 Å². The second-order valence-corrected chi connectivity index (χ2v) is 3.72. The van der Waals surface area contributed by atoms with Crippen molar-refractivity contribution in [3.63, 3.8) is 0 Å².